The number of nitrogens with one attached hydrogen (secondary N) is 1. The molecule has 88 valence electrons. The molecule has 0 unspecified atom stereocenters. The van der Waals surface area contributed by atoms with E-state index in [0.29, 0.717) is 0 Å². The van der Waals surface area contributed by atoms with Crippen LogP contribution in [0.15, 0.2) is 49.3 Å². The summed E-state index contributed by atoms with van der Waals surface area (Å²) in [6, 6.07) is 8.36. The first-order valence-electron chi connectivity index (χ1n) is 5.71. The lowest BCUT2D eigenvalue weighted by Gasteiger charge is -2.09. The molecule has 17 heavy (non-hydrogen) atoms. The van der Waals surface area contributed by atoms with Crippen LogP contribution in [0.4, 0.5) is 5.95 Å². The Morgan fingerprint density at radius 2 is 2.24 bits per heavy atom. The molecule has 0 aliphatic rings. The second-order valence-corrected chi connectivity index (χ2v) is 3.97. The SMILES string of the molecule is C=CCn1ccnc1NCc1ccccc1C. The van der Waals surface area contributed by atoms with Crippen LogP contribution >= 0.6 is 0 Å². The molecule has 0 amide bonds. The van der Waals surface area contributed by atoms with Gasteiger partial charge in [-0.05, 0) is 18.1 Å². The predicted octanol–water partition coefficient (Wildman–Crippen LogP) is 2.99. The van der Waals surface area contributed by atoms with Crippen molar-refractivity contribution < 1.29 is 0 Å². The van der Waals surface area contributed by atoms with E-state index >= 15 is 0 Å². The van der Waals surface area contributed by atoms with Gasteiger partial charge in [-0.3, -0.25) is 0 Å². The molecule has 2 aromatic rings. The number of allylic oxidation sites excluding steroid dienone is 1. The summed E-state index contributed by atoms with van der Waals surface area (Å²) in [6.07, 6.45) is 5.60. The normalized spacial score (nSPS) is 10.2. The van der Waals surface area contributed by atoms with Crippen LogP contribution in [0.1, 0.15) is 11.1 Å². The Bertz CT molecular complexity index is 500. The van der Waals surface area contributed by atoms with Gasteiger partial charge >= 0.3 is 0 Å². The molecule has 1 N–H and O–H groups in total. The van der Waals surface area contributed by atoms with Crippen molar-refractivity contribution in [2.24, 2.45) is 0 Å². The van der Waals surface area contributed by atoms with E-state index in [-0.39, 0.29) is 0 Å². The molecule has 3 nitrogen and oxygen atoms in total. The minimum Gasteiger partial charge on any atom is -0.352 e. The highest BCUT2D eigenvalue weighted by Crippen LogP contribution is 2.10. The maximum atomic E-state index is 4.28. The Morgan fingerprint density at radius 1 is 1.41 bits per heavy atom. The summed E-state index contributed by atoms with van der Waals surface area (Å²) in [5.74, 6) is 0.883. The second-order valence-electron chi connectivity index (χ2n) is 3.97. The Hall–Kier alpha value is -2.03. The summed E-state index contributed by atoms with van der Waals surface area (Å²) in [6.45, 7) is 7.42. The van der Waals surface area contributed by atoms with E-state index in [0.717, 1.165) is 19.0 Å². The minimum absolute atomic E-state index is 0.774. The third-order valence-electron chi connectivity index (χ3n) is 2.74. The van der Waals surface area contributed by atoms with Gasteiger partial charge < -0.3 is 9.88 Å². The van der Waals surface area contributed by atoms with Crippen LogP contribution in [0.2, 0.25) is 0 Å². The van der Waals surface area contributed by atoms with Crippen molar-refractivity contribution in [2.75, 3.05) is 5.32 Å². The number of hydrogen-bond acceptors (Lipinski definition) is 2. The molecule has 0 radical (unpaired) electrons. The number of rotatable bonds is 5. The summed E-state index contributed by atoms with van der Waals surface area (Å²) >= 11 is 0. The van der Waals surface area contributed by atoms with Crippen molar-refractivity contribution in [3.63, 3.8) is 0 Å². The number of benzene rings is 1. The van der Waals surface area contributed by atoms with Gasteiger partial charge in [0.15, 0.2) is 0 Å². The molecule has 1 aromatic heterocycles. The smallest absolute Gasteiger partial charge is 0.203 e. The molecule has 0 atom stereocenters. The first kappa shape index (κ1) is 11.5. The van der Waals surface area contributed by atoms with Crippen molar-refractivity contribution in [1.29, 1.82) is 0 Å². The molecule has 0 saturated carbocycles. The maximum Gasteiger partial charge on any atom is 0.203 e. The molecule has 0 bridgehead atoms. The van der Waals surface area contributed by atoms with Gasteiger partial charge in [0.25, 0.3) is 0 Å². The molecular weight excluding hydrogens is 210 g/mol. The van der Waals surface area contributed by atoms with Crippen molar-refractivity contribution >= 4 is 5.95 Å². The van der Waals surface area contributed by atoms with Crippen molar-refractivity contribution in [3.05, 3.63) is 60.4 Å². The highest BCUT2D eigenvalue weighted by molar-refractivity contribution is 5.32. The zero-order chi connectivity index (χ0) is 12.1. The highest BCUT2D eigenvalue weighted by atomic mass is 15.2. The zero-order valence-electron chi connectivity index (χ0n) is 10.1. The number of hydrogen-bond donors (Lipinski definition) is 1. The lowest BCUT2D eigenvalue weighted by atomic mass is 10.1. The van der Waals surface area contributed by atoms with E-state index in [1.807, 2.05) is 16.8 Å². The summed E-state index contributed by atoms with van der Waals surface area (Å²) in [7, 11) is 0. The van der Waals surface area contributed by atoms with Crippen molar-refractivity contribution in [3.8, 4) is 0 Å². The summed E-state index contributed by atoms with van der Waals surface area (Å²) in [5, 5.41) is 3.34. The number of anilines is 1. The third-order valence-corrected chi connectivity index (χ3v) is 2.74. The predicted molar refractivity (Wildman–Crippen MR) is 70.9 cm³/mol. The topological polar surface area (TPSA) is 29.9 Å². The van der Waals surface area contributed by atoms with E-state index in [9.17, 15) is 0 Å². The van der Waals surface area contributed by atoms with Gasteiger partial charge in [-0.2, -0.15) is 0 Å². The quantitative estimate of drug-likeness (QED) is 0.796. The Morgan fingerprint density at radius 3 is 3.00 bits per heavy atom. The Kier molecular flexibility index (Phi) is 3.60. The zero-order valence-corrected chi connectivity index (χ0v) is 10.1. The van der Waals surface area contributed by atoms with Gasteiger partial charge in [-0.1, -0.05) is 30.3 Å². The molecule has 1 aromatic carbocycles. The van der Waals surface area contributed by atoms with Crippen LogP contribution in [-0.4, -0.2) is 9.55 Å². The van der Waals surface area contributed by atoms with E-state index in [2.05, 4.69) is 48.1 Å². The average molecular weight is 227 g/mol. The largest absolute Gasteiger partial charge is 0.352 e. The lowest BCUT2D eigenvalue weighted by Crippen LogP contribution is -2.07. The number of imidazole rings is 1. The first-order chi connectivity index (χ1) is 8.31. The van der Waals surface area contributed by atoms with Crippen LogP contribution in [0.3, 0.4) is 0 Å². The second kappa shape index (κ2) is 5.34. The fourth-order valence-corrected chi connectivity index (χ4v) is 1.75. The number of aromatic nitrogens is 2. The monoisotopic (exact) mass is 227 g/mol. The van der Waals surface area contributed by atoms with Crippen LogP contribution < -0.4 is 5.32 Å². The lowest BCUT2D eigenvalue weighted by molar-refractivity contribution is 0.819. The highest BCUT2D eigenvalue weighted by Gasteiger charge is 2.01. The maximum absolute atomic E-state index is 4.28. The van der Waals surface area contributed by atoms with Gasteiger partial charge in [-0.25, -0.2) is 4.98 Å². The van der Waals surface area contributed by atoms with Crippen LogP contribution in [0.5, 0.6) is 0 Å². The van der Waals surface area contributed by atoms with Crippen LogP contribution in [0, 0.1) is 6.92 Å². The van der Waals surface area contributed by atoms with E-state index in [1.54, 1.807) is 6.20 Å². The fraction of sp³-hybridized carbons (Fsp3) is 0.214. The van der Waals surface area contributed by atoms with E-state index in [4.69, 9.17) is 0 Å². The van der Waals surface area contributed by atoms with Crippen LogP contribution in [-0.2, 0) is 13.1 Å². The third kappa shape index (κ3) is 2.75. The molecular formula is C14H17N3. The minimum atomic E-state index is 0.774. The van der Waals surface area contributed by atoms with Gasteiger partial charge in [0.2, 0.25) is 5.95 Å². The first-order valence-corrected chi connectivity index (χ1v) is 5.71. The Balaban J connectivity index is 2.05. The van der Waals surface area contributed by atoms with Crippen LogP contribution in [0.25, 0.3) is 0 Å². The van der Waals surface area contributed by atoms with Gasteiger partial charge in [0.05, 0.1) is 0 Å². The summed E-state index contributed by atoms with van der Waals surface area (Å²) < 4.78 is 2.03. The molecule has 0 aliphatic carbocycles. The summed E-state index contributed by atoms with van der Waals surface area (Å²) in [5.41, 5.74) is 2.59. The van der Waals surface area contributed by atoms with Gasteiger partial charge in [0.1, 0.15) is 0 Å². The molecule has 1 heterocycles. The summed E-state index contributed by atoms with van der Waals surface area (Å²) in [4.78, 5) is 4.28. The van der Waals surface area contributed by atoms with Gasteiger partial charge in [0, 0.05) is 25.5 Å². The average Bonchev–Trinajstić information content (AvgIpc) is 2.76. The number of nitrogens with zero attached hydrogens (tertiary/aromatic N) is 2. The van der Waals surface area contributed by atoms with E-state index < -0.39 is 0 Å². The van der Waals surface area contributed by atoms with Gasteiger partial charge in [-0.15, -0.1) is 6.58 Å². The standard InChI is InChI=1S/C14H17N3/c1-3-9-17-10-8-15-14(17)16-11-13-7-5-4-6-12(13)2/h3-8,10H,1,9,11H2,2H3,(H,15,16). The molecule has 0 aliphatic heterocycles. The Labute approximate surface area is 102 Å². The molecule has 0 fully saturated rings. The molecule has 2 rings (SSSR count). The van der Waals surface area contributed by atoms with Crippen molar-refractivity contribution in [1.82, 2.24) is 9.55 Å². The fourth-order valence-electron chi connectivity index (χ4n) is 1.75. The molecule has 0 saturated heterocycles. The molecule has 0 spiro atoms. The number of aryl methyl sites for hydroxylation is 1. The van der Waals surface area contributed by atoms with E-state index in [1.165, 1.54) is 11.1 Å². The van der Waals surface area contributed by atoms with Crippen molar-refractivity contribution in [2.45, 2.75) is 20.0 Å². The molecule has 3 heteroatoms.